The highest BCUT2D eigenvalue weighted by Crippen LogP contribution is 2.18. The minimum absolute atomic E-state index is 0.151. The fraction of sp³-hybridized carbons (Fsp3) is 0.500. The summed E-state index contributed by atoms with van der Waals surface area (Å²) in [7, 11) is -0.827. The third-order valence-corrected chi connectivity index (χ3v) is 4.99. The molecule has 5 heteroatoms. The number of hydrogen-bond acceptors (Lipinski definition) is 4. The lowest BCUT2D eigenvalue weighted by atomic mass is 10.1. The van der Waals surface area contributed by atoms with E-state index in [1.807, 2.05) is 31.3 Å². The van der Waals surface area contributed by atoms with Gasteiger partial charge >= 0.3 is 0 Å². The highest BCUT2D eigenvalue weighted by Gasteiger charge is 2.30. The first kappa shape index (κ1) is 12.4. The van der Waals surface area contributed by atoms with Gasteiger partial charge in [-0.2, -0.15) is 0 Å². The SMILES string of the molecule is CN(Cc1ccc(N)cc1)C1CCS(=O)(=O)C1. The van der Waals surface area contributed by atoms with E-state index in [4.69, 9.17) is 5.73 Å². The van der Waals surface area contributed by atoms with E-state index in [0.29, 0.717) is 11.5 Å². The predicted octanol–water partition coefficient (Wildman–Crippen LogP) is 0.888. The van der Waals surface area contributed by atoms with E-state index in [0.717, 1.165) is 24.2 Å². The molecule has 4 nitrogen and oxygen atoms in total. The van der Waals surface area contributed by atoms with Crippen LogP contribution in [0.5, 0.6) is 0 Å². The van der Waals surface area contributed by atoms with Crippen molar-refractivity contribution in [1.82, 2.24) is 4.90 Å². The summed E-state index contributed by atoms with van der Waals surface area (Å²) < 4.78 is 22.8. The molecule has 0 radical (unpaired) electrons. The van der Waals surface area contributed by atoms with Crippen molar-refractivity contribution in [2.24, 2.45) is 0 Å². The van der Waals surface area contributed by atoms with Gasteiger partial charge in [-0.1, -0.05) is 12.1 Å². The maximum Gasteiger partial charge on any atom is 0.151 e. The zero-order chi connectivity index (χ0) is 12.5. The van der Waals surface area contributed by atoms with Crippen molar-refractivity contribution in [2.45, 2.75) is 19.0 Å². The van der Waals surface area contributed by atoms with Gasteiger partial charge in [0.05, 0.1) is 11.5 Å². The van der Waals surface area contributed by atoms with Crippen LogP contribution in [0.25, 0.3) is 0 Å². The van der Waals surface area contributed by atoms with Crippen molar-refractivity contribution in [3.05, 3.63) is 29.8 Å². The lowest BCUT2D eigenvalue weighted by Crippen LogP contribution is -2.32. The normalized spacial score (nSPS) is 23.1. The molecule has 0 spiro atoms. The molecule has 0 saturated carbocycles. The summed E-state index contributed by atoms with van der Waals surface area (Å²) in [4.78, 5) is 2.11. The van der Waals surface area contributed by atoms with E-state index in [2.05, 4.69) is 4.90 Å². The number of nitrogen functional groups attached to an aromatic ring is 1. The standard InChI is InChI=1S/C12H18N2O2S/c1-14(12-6-7-17(15,16)9-12)8-10-2-4-11(13)5-3-10/h2-5,12H,6-9,13H2,1H3. The molecule has 1 heterocycles. The molecule has 1 fully saturated rings. The van der Waals surface area contributed by atoms with Gasteiger partial charge in [0.1, 0.15) is 0 Å². The zero-order valence-corrected chi connectivity index (χ0v) is 10.8. The fourth-order valence-electron chi connectivity index (χ4n) is 2.16. The molecular weight excluding hydrogens is 236 g/mol. The molecule has 0 amide bonds. The molecule has 1 unspecified atom stereocenters. The third kappa shape index (κ3) is 3.20. The van der Waals surface area contributed by atoms with Crippen molar-refractivity contribution in [2.75, 3.05) is 24.3 Å². The van der Waals surface area contributed by atoms with Crippen molar-refractivity contribution < 1.29 is 8.42 Å². The summed E-state index contributed by atoms with van der Waals surface area (Å²) in [5.41, 5.74) is 7.53. The maximum absolute atomic E-state index is 11.4. The van der Waals surface area contributed by atoms with Gasteiger partial charge in [-0.05, 0) is 31.2 Å². The first-order chi connectivity index (χ1) is 7.96. The molecule has 1 aliphatic heterocycles. The van der Waals surface area contributed by atoms with Crippen LogP contribution in [0.1, 0.15) is 12.0 Å². The monoisotopic (exact) mass is 254 g/mol. The topological polar surface area (TPSA) is 63.4 Å². The second-order valence-corrected chi connectivity index (χ2v) is 6.94. The largest absolute Gasteiger partial charge is 0.399 e. The second kappa shape index (κ2) is 4.66. The van der Waals surface area contributed by atoms with E-state index >= 15 is 0 Å². The number of hydrogen-bond donors (Lipinski definition) is 1. The molecule has 0 bridgehead atoms. The summed E-state index contributed by atoms with van der Waals surface area (Å²) in [6, 6.07) is 7.85. The van der Waals surface area contributed by atoms with E-state index < -0.39 is 9.84 Å². The average molecular weight is 254 g/mol. The summed E-state index contributed by atoms with van der Waals surface area (Å²) in [6.45, 7) is 0.764. The van der Waals surface area contributed by atoms with Crippen LogP contribution in [0.4, 0.5) is 5.69 Å². The van der Waals surface area contributed by atoms with Crippen LogP contribution in [0.3, 0.4) is 0 Å². The minimum atomic E-state index is -2.80. The minimum Gasteiger partial charge on any atom is -0.399 e. The Morgan fingerprint density at radius 1 is 1.35 bits per heavy atom. The van der Waals surface area contributed by atoms with Crippen LogP contribution >= 0.6 is 0 Å². The van der Waals surface area contributed by atoms with Gasteiger partial charge in [-0.3, -0.25) is 4.90 Å². The molecule has 2 rings (SSSR count). The molecular formula is C12H18N2O2S. The maximum atomic E-state index is 11.4. The van der Waals surface area contributed by atoms with Crippen LogP contribution in [-0.2, 0) is 16.4 Å². The number of anilines is 1. The zero-order valence-electron chi connectivity index (χ0n) is 9.96. The Bertz CT molecular complexity index is 482. The van der Waals surface area contributed by atoms with E-state index in [1.54, 1.807) is 0 Å². The Kier molecular flexibility index (Phi) is 3.40. The first-order valence-electron chi connectivity index (χ1n) is 5.71. The number of sulfone groups is 1. The lowest BCUT2D eigenvalue weighted by Gasteiger charge is -2.23. The van der Waals surface area contributed by atoms with Crippen LogP contribution in [0.15, 0.2) is 24.3 Å². The van der Waals surface area contributed by atoms with Crippen molar-refractivity contribution >= 4 is 15.5 Å². The summed E-state index contributed by atoms with van der Waals surface area (Å²) in [5, 5.41) is 0. The van der Waals surface area contributed by atoms with Gasteiger partial charge in [0.2, 0.25) is 0 Å². The highest BCUT2D eigenvalue weighted by atomic mass is 32.2. The molecule has 0 aliphatic carbocycles. The highest BCUT2D eigenvalue weighted by molar-refractivity contribution is 7.91. The molecule has 2 N–H and O–H groups in total. The van der Waals surface area contributed by atoms with Crippen LogP contribution in [0.2, 0.25) is 0 Å². The van der Waals surface area contributed by atoms with Gasteiger partial charge in [-0.25, -0.2) is 8.42 Å². The van der Waals surface area contributed by atoms with Gasteiger partial charge in [0.15, 0.2) is 9.84 Å². The molecule has 1 aliphatic rings. The van der Waals surface area contributed by atoms with Crippen LogP contribution in [-0.4, -0.2) is 37.9 Å². The third-order valence-electron chi connectivity index (χ3n) is 3.24. The average Bonchev–Trinajstić information content (AvgIpc) is 2.62. The first-order valence-corrected chi connectivity index (χ1v) is 7.53. The molecule has 0 aromatic heterocycles. The number of nitrogens with two attached hydrogens (primary N) is 1. The molecule has 1 atom stereocenters. The second-order valence-electron chi connectivity index (χ2n) is 4.71. The Balaban J connectivity index is 1.98. The smallest absolute Gasteiger partial charge is 0.151 e. The number of nitrogens with zero attached hydrogens (tertiary/aromatic N) is 1. The fourth-order valence-corrected chi connectivity index (χ4v) is 3.97. The molecule has 94 valence electrons. The Labute approximate surface area is 102 Å². The lowest BCUT2D eigenvalue weighted by molar-refractivity contribution is 0.254. The Morgan fingerprint density at radius 2 is 2.00 bits per heavy atom. The van der Waals surface area contributed by atoms with Gasteiger partial charge in [0, 0.05) is 18.3 Å². The Hall–Kier alpha value is -1.07. The number of rotatable bonds is 3. The molecule has 1 aromatic rings. The van der Waals surface area contributed by atoms with Gasteiger partial charge in [-0.15, -0.1) is 0 Å². The van der Waals surface area contributed by atoms with E-state index in [1.165, 1.54) is 0 Å². The molecule has 1 aromatic carbocycles. The molecule has 17 heavy (non-hydrogen) atoms. The van der Waals surface area contributed by atoms with Gasteiger partial charge in [0.25, 0.3) is 0 Å². The number of benzene rings is 1. The summed E-state index contributed by atoms with van der Waals surface area (Å²) >= 11 is 0. The molecule has 1 saturated heterocycles. The quantitative estimate of drug-likeness (QED) is 0.814. The predicted molar refractivity (Wildman–Crippen MR) is 69.4 cm³/mol. The van der Waals surface area contributed by atoms with E-state index in [9.17, 15) is 8.42 Å². The summed E-state index contributed by atoms with van der Waals surface area (Å²) in [5.74, 6) is 0.613. The Morgan fingerprint density at radius 3 is 2.53 bits per heavy atom. The van der Waals surface area contributed by atoms with Crippen LogP contribution < -0.4 is 5.73 Å². The summed E-state index contributed by atoms with van der Waals surface area (Å²) in [6.07, 6.45) is 0.744. The van der Waals surface area contributed by atoms with Crippen molar-refractivity contribution in [3.8, 4) is 0 Å². The van der Waals surface area contributed by atoms with E-state index in [-0.39, 0.29) is 6.04 Å². The van der Waals surface area contributed by atoms with Crippen molar-refractivity contribution in [3.63, 3.8) is 0 Å². The van der Waals surface area contributed by atoms with Crippen molar-refractivity contribution in [1.29, 1.82) is 0 Å². The van der Waals surface area contributed by atoms with Gasteiger partial charge < -0.3 is 5.73 Å². The van der Waals surface area contributed by atoms with Crippen LogP contribution in [0, 0.1) is 0 Å².